The Kier molecular flexibility index (Phi) is 5.05. The minimum Gasteiger partial charge on any atom is -0.507 e. The maximum atomic E-state index is 12.4. The van der Waals surface area contributed by atoms with Crippen molar-refractivity contribution in [3.05, 3.63) is 46.9 Å². The zero-order valence-corrected chi connectivity index (χ0v) is 13.2. The molecule has 0 unspecified atom stereocenters. The minimum absolute atomic E-state index is 0.0466. The summed E-state index contributed by atoms with van der Waals surface area (Å²) in [5, 5.41) is 10.0. The largest absolute Gasteiger partial charge is 0.507 e. The van der Waals surface area contributed by atoms with Crippen LogP contribution in [0.25, 0.3) is 0 Å². The highest BCUT2D eigenvalue weighted by molar-refractivity contribution is 6.01. The molecule has 2 rings (SSSR count). The van der Waals surface area contributed by atoms with Gasteiger partial charge in [-0.3, -0.25) is 4.79 Å². The van der Waals surface area contributed by atoms with E-state index >= 15 is 0 Å². The molecule has 0 spiro atoms. The van der Waals surface area contributed by atoms with E-state index < -0.39 is 5.97 Å². The number of ether oxygens (including phenoxy) is 2. The summed E-state index contributed by atoms with van der Waals surface area (Å²) in [6.45, 7) is 3.65. The summed E-state index contributed by atoms with van der Waals surface area (Å²) in [6, 6.07) is 6.05. The highest BCUT2D eigenvalue weighted by Crippen LogP contribution is 2.28. The second kappa shape index (κ2) is 7.00. The second-order valence-corrected chi connectivity index (χ2v) is 4.92. The summed E-state index contributed by atoms with van der Waals surface area (Å²) >= 11 is 0. The number of carbonyl (C=O) groups is 2. The summed E-state index contributed by atoms with van der Waals surface area (Å²) in [5.74, 6) is -0.191. The normalized spacial score (nSPS) is 10.4. The van der Waals surface area contributed by atoms with Gasteiger partial charge in [0.05, 0.1) is 25.7 Å². The molecule has 2 aromatic rings. The Balaban J connectivity index is 2.18. The van der Waals surface area contributed by atoms with Crippen LogP contribution in [0.1, 0.15) is 39.2 Å². The van der Waals surface area contributed by atoms with Gasteiger partial charge in [-0.05, 0) is 37.6 Å². The van der Waals surface area contributed by atoms with Crippen molar-refractivity contribution in [1.29, 1.82) is 0 Å². The number of hydrogen-bond donors (Lipinski definition) is 1. The third-order valence-electron chi connectivity index (χ3n) is 3.28. The summed E-state index contributed by atoms with van der Waals surface area (Å²) in [7, 11) is 1.48. The average molecular weight is 318 g/mol. The van der Waals surface area contributed by atoms with Crippen LogP contribution in [0.2, 0.25) is 0 Å². The van der Waals surface area contributed by atoms with Crippen LogP contribution in [-0.4, -0.2) is 30.6 Å². The standard InChI is InChI=1S/C17H18O6/c1-4-22-17(20)15-6-5-11(23-15)8-13(18)16-10(2)7-12(21-3)9-14(16)19/h5-7,9,19H,4,8H2,1-3H3. The van der Waals surface area contributed by atoms with Crippen molar-refractivity contribution in [2.24, 2.45) is 0 Å². The van der Waals surface area contributed by atoms with E-state index in [4.69, 9.17) is 13.9 Å². The monoisotopic (exact) mass is 318 g/mol. The number of aryl methyl sites for hydroxylation is 1. The van der Waals surface area contributed by atoms with E-state index in [0.717, 1.165) is 0 Å². The molecular weight excluding hydrogens is 300 g/mol. The summed E-state index contributed by atoms with van der Waals surface area (Å²) < 4.78 is 15.2. The molecule has 0 fully saturated rings. The van der Waals surface area contributed by atoms with E-state index in [-0.39, 0.29) is 35.9 Å². The molecule has 0 saturated heterocycles. The third-order valence-corrected chi connectivity index (χ3v) is 3.28. The van der Waals surface area contributed by atoms with Crippen LogP contribution >= 0.6 is 0 Å². The predicted molar refractivity (Wildman–Crippen MR) is 82.1 cm³/mol. The Morgan fingerprint density at radius 1 is 1.26 bits per heavy atom. The molecule has 0 radical (unpaired) electrons. The minimum atomic E-state index is -0.574. The van der Waals surface area contributed by atoms with Gasteiger partial charge in [0.15, 0.2) is 5.78 Å². The molecule has 122 valence electrons. The van der Waals surface area contributed by atoms with E-state index in [9.17, 15) is 14.7 Å². The van der Waals surface area contributed by atoms with Gasteiger partial charge in [0, 0.05) is 6.07 Å². The van der Waals surface area contributed by atoms with Crippen molar-refractivity contribution >= 4 is 11.8 Å². The number of Topliss-reactive ketones (excluding diaryl/α,β-unsaturated/α-hetero) is 1. The van der Waals surface area contributed by atoms with Gasteiger partial charge in [-0.25, -0.2) is 4.79 Å². The van der Waals surface area contributed by atoms with E-state index in [1.807, 2.05) is 0 Å². The molecule has 0 atom stereocenters. The topological polar surface area (TPSA) is 86.0 Å². The fourth-order valence-electron chi connectivity index (χ4n) is 2.25. The molecule has 1 N–H and O–H groups in total. The van der Waals surface area contributed by atoms with Gasteiger partial charge in [0.2, 0.25) is 5.76 Å². The van der Waals surface area contributed by atoms with Gasteiger partial charge in [0.1, 0.15) is 17.3 Å². The number of esters is 1. The molecule has 23 heavy (non-hydrogen) atoms. The average Bonchev–Trinajstić information content (AvgIpc) is 2.95. The third kappa shape index (κ3) is 3.71. The number of hydrogen-bond acceptors (Lipinski definition) is 6. The number of carbonyl (C=O) groups excluding carboxylic acids is 2. The van der Waals surface area contributed by atoms with Crippen LogP contribution in [0.15, 0.2) is 28.7 Å². The molecule has 0 aliphatic heterocycles. The van der Waals surface area contributed by atoms with Crippen molar-refractivity contribution in [1.82, 2.24) is 0 Å². The highest BCUT2D eigenvalue weighted by atomic mass is 16.5. The Morgan fingerprint density at radius 2 is 2.00 bits per heavy atom. The lowest BCUT2D eigenvalue weighted by Gasteiger charge is -2.09. The molecular formula is C17H18O6. The van der Waals surface area contributed by atoms with E-state index in [1.165, 1.54) is 19.2 Å². The van der Waals surface area contributed by atoms with Gasteiger partial charge in [-0.1, -0.05) is 0 Å². The van der Waals surface area contributed by atoms with Gasteiger partial charge < -0.3 is 19.0 Å². The van der Waals surface area contributed by atoms with Gasteiger partial charge in [0.25, 0.3) is 0 Å². The van der Waals surface area contributed by atoms with Crippen molar-refractivity contribution in [2.75, 3.05) is 13.7 Å². The number of phenols is 1. The molecule has 0 aliphatic rings. The SMILES string of the molecule is CCOC(=O)c1ccc(CC(=O)c2c(C)cc(OC)cc2O)o1. The zero-order chi connectivity index (χ0) is 17.0. The van der Waals surface area contributed by atoms with Crippen LogP contribution in [0.4, 0.5) is 0 Å². The number of methoxy groups -OCH3 is 1. The van der Waals surface area contributed by atoms with Crippen LogP contribution in [0.5, 0.6) is 11.5 Å². The van der Waals surface area contributed by atoms with Crippen LogP contribution < -0.4 is 4.74 Å². The highest BCUT2D eigenvalue weighted by Gasteiger charge is 2.19. The molecule has 1 heterocycles. The molecule has 1 aromatic carbocycles. The number of phenolic OH excluding ortho intramolecular Hbond substituents is 1. The van der Waals surface area contributed by atoms with Crippen molar-refractivity contribution < 1.29 is 28.6 Å². The first kappa shape index (κ1) is 16.6. The van der Waals surface area contributed by atoms with E-state index in [0.29, 0.717) is 17.1 Å². The summed E-state index contributed by atoms with van der Waals surface area (Å²) in [5.41, 5.74) is 0.809. The van der Waals surface area contributed by atoms with Crippen molar-refractivity contribution in [3.63, 3.8) is 0 Å². The lowest BCUT2D eigenvalue weighted by Crippen LogP contribution is -2.06. The molecule has 0 amide bonds. The second-order valence-electron chi connectivity index (χ2n) is 4.92. The van der Waals surface area contributed by atoms with Crippen LogP contribution in [-0.2, 0) is 11.2 Å². The van der Waals surface area contributed by atoms with Crippen LogP contribution in [0.3, 0.4) is 0 Å². The fraction of sp³-hybridized carbons (Fsp3) is 0.294. The molecule has 6 nitrogen and oxygen atoms in total. The first-order valence-electron chi connectivity index (χ1n) is 7.12. The van der Waals surface area contributed by atoms with Gasteiger partial charge in [-0.2, -0.15) is 0 Å². The van der Waals surface area contributed by atoms with Gasteiger partial charge >= 0.3 is 5.97 Å². The summed E-state index contributed by atoms with van der Waals surface area (Å²) in [4.78, 5) is 23.9. The molecule has 0 bridgehead atoms. The Labute approximate surface area is 133 Å². The molecule has 0 aliphatic carbocycles. The maximum absolute atomic E-state index is 12.4. The van der Waals surface area contributed by atoms with Crippen LogP contribution in [0, 0.1) is 6.92 Å². The fourth-order valence-corrected chi connectivity index (χ4v) is 2.25. The lowest BCUT2D eigenvalue weighted by molar-refractivity contribution is 0.0487. The lowest BCUT2D eigenvalue weighted by atomic mass is 10.0. The Bertz CT molecular complexity index is 705. The number of rotatable bonds is 6. The van der Waals surface area contributed by atoms with Crippen molar-refractivity contribution in [2.45, 2.75) is 20.3 Å². The van der Waals surface area contributed by atoms with Gasteiger partial charge in [-0.15, -0.1) is 0 Å². The smallest absolute Gasteiger partial charge is 0.374 e. The number of aromatic hydroxyl groups is 1. The van der Waals surface area contributed by atoms with Crippen molar-refractivity contribution in [3.8, 4) is 11.5 Å². The molecule has 0 saturated carbocycles. The molecule has 6 heteroatoms. The Morgan fingerprint density at radius 3 is 2.61 bits per heavy atom. The number of furan rings is 1. The zero-order valence-electron chi connectivity index (χ0n) is 13.2. The quantitative estimate of drug-likeness (QED) is 0.651. The number of ketones is 1. The maximum Gasteiger partial charge on any atom is 0.374 e. The van der Waals surface area contributed by atoms with E-state index in [2.05, 4.69) is 0 Å². The number of benzene rings is 1. The summed E-state index contributed by atoms with van der Waals surface area (Å²) in [6.07, 6.45) is -0.0693. The Hall–Kier alpha value is -2.76. The van der Waals surface area contributed by atoms with E-state index in [1.54, 1.807) is 26.0 Å². The molecule has 1 aromatic heterocycles. The first-order chi connectivity index (χ1) is 11.0. The first-order valence-corrected chi connectivity index (χ1v) is 7.12. The predicted octanol–water partition coefficient (Wildman–Crippen LogP) is 2.90.